The Labute approximate surface area is 156 Å². The summed E-state index contributed by atoms with van der Waals surface area (Å²) in [6, 6.07) is 8.67. The van der Waals surface area contributed by atoms with Crippen molar-refractivity contribution in [1.29, 1.82) is 0 Å². The second-order valence-corrected chi connectivity index (χ2v) is 6.72. The van der Waals surface area contributed by atoms with E-state index in [1.54, 1.807) is 12.4 Å². The molecular formula is C20H20N6O. The van der Waals surface area contributed by atoms with Gasteiger partial charge in [0.2, 0.25) is 0 Å². The molecule has 27 heavy (non-hydrogen) atoms. The number of hydrogen-bond acceptors (Lipinski definition) is 5. The van der Waals surface area contributed by atoms with Crippen LogP contribution in [0.5, 0.6) is 0 Å². The zero-order valence-electron chi connectivity index (χ0n) is 14.9. The maximum absolute atomic E-state index is 5.44. The molecule has 0 amide bonds. The highest BCUT2D eigenvalue weighted by Crippen LogP contribution is 2.24. The second kappa shape index (κ2) is 6.94. The van der Waals surface area contributed by atoms with Gasteiger partial charge in [0.05, 0.1) is 43.2 Å². The van der Waals surface area contributed by atoms with Gasteiger partial charge in [-0.3, -0.25) is 19.4 Å². The van der Waals surface area contributed by atoms with Crippen LogP contribution >= 0.6 is 0 Å². The first-order valence-corrected chi connectivity index (χ1v) is 9.08. The Morgan fingerprint density at radius 3 is 2.81 bits per heavy atom. The third kappa shape index (κ3) is 3.22. The molecule has 4 heterocycles. The van der Waals surface area contributed by atoms with Gasteiger partial charge in [-0.05, 0) is 11.6 Å². The van der Waals surface area contributed by atoms with Crippen molar-refractivity contribution >= 4 is 5.65 Å². The van der Waals surface area contributed by atoms with Crippen LogP contribution in [-0.4, -0.2) is 55.8 Å². The molecule has 1 saturated heterocycles. The highest BCUT2D eigenvalue weighted by Gasteiger charge is 2.13. The molecule has 1 N–H and O–H groups in total. The fourth-order valence-electron chi connectivity index (χ4n) is 3.49. The van der Waals surface area contributed by atoms with E-state index in [0.717, 1.165) is 61.0 Å². The summed E-state index contributed by atoms with van der Waals surface area (Å²) in [5.41, 5.74) is 6.15. The van der Waals surface area contributed by atoms with Gasteiger partial charge in [-0.2, -0.15) is 5.10 Å². The van der Waals surface area contributed by atoms with Crippen molar-refractivity contribution in [2.24, 2.45) is 0 Å². The number of nitrogens with zero attached hydrogens (tertiary/aromatic N) is 5. The molecule has 7 heteroatoms. The van der Waals surface area contributed by atoms with Gasteiger partial charge in [0.15, 0.2) is 5.65 Å². The van der Waals surface area contributed by atoms with Crippen LogP contribution in [0.25, 0.3) is 28.2 Å². The number of nitrogens with one attached hydrogen (secondary N) is 1. The minimum Gasteiger partial charge on any atom is -0.379 e. The lowest BCUT2D eigenvalue weighted by atomic mass is 10.1. The molecule has 7 nitrogen and oxygen atoms in total. The van der Waals surface area contributed by atoms with Gasteiger partial charge in [0, 0.05) is 43.2 Å². The van der Waals surface area contributed by atoms with E-state index in [4.69, 9.17) is 4.74 Å². The quantitative estimate of drug-likeness (QED) is 0.606. The van der Waals surface area contributed by atoms with Crippen molar-refractivity contribution in [3.05, 3.63) is 60.8 Å². The van der Waals surface area contributed by atoms with Gasteiger partial charge in [-0.1, -0.05) is 18.2 Å². The Morgan fingerprint density at radius 1 is 1.04 bits per heavy atom. The first-order valence-electron chi connectivity index (χ1n) is 9.08. The smallest absolute Gasteiger partial charge is 0.155 e. The third-order valence-electron chi connectivity index (χ3n) is 4.92. The van der Waals surface area contributed by atoms with Crippen molar-refractivity contribution in [3.63, 3.8) is 0 Å². The molecule has 5 rings (SSSR count). The van der Waals surface area contributed by atoms with E-state index in [-0.39, 0.29) is 0 Å². The van der Waals surface area contributed by atoms with Crippen LogP contribution in [-0.2, 0) is 11.3 Å². The number of H-pyrrole nitrogens is 1. The fourth-order valence-corrected chi connectivity index (χ4v) is 3.49. The number of rotatable bonds is 4. The monoisotopic (exact) mass is 360 g/mol. The average molecular weight is 360 g/mol. The summed E-state index contributed by atoms with van der Waals surface area (Å²) in [5, 5.41) is 6.84. The minimum atomic E-state index is 0.816. The lowest BCUT2D eigenvalue weighted by Gasteiger charge is -2.26. The maximum Gasteiger partial charge on any atom is 0.155 e. The summed E-state index contributed by atoms with van der Waals surface area (Å²) in [6.45, 7) is 4.54. The topological polar surface area (TPSA) is 71.3 Å². The number of aromatic amines is 1. The summed E-state index contributed by atoms with van der Waals surface area (Å²) in [4.78, 5) is 11.4. The first kappa shape index (κ1) is 16.2. The van der Waals surface area contributed by atoms with E-state index in [9.17, 15) is 0 Å². The molecule has 0 bridgehead atoms. The molecule has 0 unspecified atom stereocenters. The van der Waals surface area contributed by atoms with Gasteiger partial charge in [-0.25, -0.2) is 4.98 Å². The zero-order chi connectivity index (χ0) is 18.1. The fraction of sp³-hybridized carbons (Fsp3) is 0.250. The molecule has 0 radical (unpaired) electrons. The average Bonchev–Trinajstić information content (AvgIpc) is 3.38. The Morgan fingerprint density at radius 2 is 1.96 bits per heavy atom. The number of hydrogen-bond donors (Lipinski definition) is 1. The molecule has 1 fully saturated rings. The van der Waals surface area contributed by atoms with Crippen LogP contribution in [0.15, 0.2) is 55.2 Å². The summed E-state index contributed by atoms with van der Waals surface area (Å²) in [7, 11) is 0. The largest absolute Gasteiger partial charge is 0.379 e. The number of fused-ring (bicyclic) bond motifs is 1. The molecule has 1 aromatic carbocycles. The standard InChI is InChI=1S/C20H20N6O/c1-2-15(13-25-4-6-27-7-5-25)8-16(3-1)19-11-22-20-12-21-18(14-26(19)20)17-9-23-24-10-17/h1-3,8-12,14H,4-7,13H2,(H,23,24). The van der Waals surface area contributed by atoms with Crippen LogP contribution in [0.3, 0.4) is 0 Å². The molecule has 0 spiro atoms. The Bertz CT molecular complexity index is 1050. The van der Waals surface area contributed by atoms with Gasteiger partial charge >= 0.3 is 0 Å². The number of imidazole rings is 1. The lowest BCUT2D eigenvalue weighted by molar-refractivity contribution is 0.0342. The Hall–Kier alpha value is -3.03. The van der Waals surface area contributed by atoms with Gasteiger partial charge < -0.3 is 4.74 Å². The van der Waals surface area contributed by atoms with Crippen LogP contribution in [0.1, 0.15) is 5.56 Å². The third-order valence-corrected chi connectivity index (χ3v) is 4.92. The molecule has 0 aliphatic carbocycles. The Balaban J connectivity index is 1.49. The van der Waals surface area contributed by atoms with Crippen molar-refractivity contribution in [1.82, 2.24) is 29.5 Å². The van der Waals surface area contributed by atoms with Crippen LogP contribution < -0.4 is 0 Å². The second-order valence-electron chi connectivity index (χ2n) is 6.72. The molecular weight excluding hydrogens is 340 g/mol. The van der Waals surface area contributed by atoms with Crippen molar-refractivity contribution in [2.45, 2.75) is 6.54 Å². The van der Waals surface area contributed by atoms with Gasteiger partial charge in [0.25, 0.3) is 0 Å². The molecule has 1 aliphatic rings. The van der Waals surface area contributed by atoms with Gasteiger partial charge in [-0.15, -0.1) is 0 Å². The predicted molar refractivity (Wildman–Crippen MR) is 102 cm³/mol. The van der Waals surface area contributed by atoms with Crippen LogP contribution in [0, 0.1) is 0 Å². The molecule has 0 atom stereocenters. The number of aromatic nitrogens is 5. The van der Waals surface area contributed by atoms with E-state index in [0.29, 0.717) is 0 Å². The van der Waals surface area contributed by atoms with Gasteiger partial charge in [0.1, 0.15) is 0 Å². The SMILES string of the molecule is c1cc(CN2CCOCC2)cc(-c2cnc3cnc(-c4cn[nH]c4)cn23)c1. The lowest BCUT2D eigenvalue weighted by Crippen LogP contribution is -2.35. The number of benzene rings is 1. The Kier molecular flexibility index (Phi) is 4.16. The van der Waals surface area contributed by atoms with Crippen molar-refractivity contribution in [2.75, 3.05) is 26.3 Å². The van der Waals surface area contributed by atoms with Crippen LogP contribution in [0.2, 0.25) is 0 Å². The predicted octanol–water partition coefficient (Wildman–Crippen LogP) is 2.62. The van der Waals surface area contributed by atoms with E-state index in [1.165, 1.54) is 5.56 Å². The number of morpholine rings is 1. The molecule has 3 aromatic heterocycles. The molecule has 0 saturated carbocycles. The van der Waals surface area contributed by atoms with Crippen molar-refractivity contribution in [3.8, 4) is 22.5 Å². The summed E-state index contributed by atoms with van der Waals surface area (Å²) < 4.78 is 7.53. The first-order chi connectivity index (χ1) is 13.4. The van der Waals surface area contributed by atoms with E-state index >= 15 is 0 Å². The highest BCUT2D eigenvalue weighted by atomic mass is 16.5. The molecule has 1 aliphatic heterocycles. The zero-order valence-corrected chi connectivity index (χ0v) is 14.9. The van der Waals surface area contributed by atoms with E-state index in [2.05, 4.69) is 53.7 Å². The highest BCUT2D eigenvalue weighted by molar-refractivity contribution is 5.66. The van der Waals surface area contributed by atoms with Crippen molar-refractivity contribution < 1.29 is 4.74 Å². The summed E-state index contributed by atoms with van der Waals surface area (Å²) >= 11 is 0. The minimum absolute atomic E-state index is 0.816. The normalized spacial score (nSPS) is 15.4. The van der Waals surface area contributed by atoms with E-state index < -0.39 is 0 Å². The molecule has 4 aromatic rings. The number of ether oxygens (including phenoxy) is 1. The van der Waals surface area contributed by atoms with Crippen LogP contribution in [0.4, 0.5) is 0 Å². The maximum atomic E-state index is 5.44. The summed E-state index contributed by atoms with van der Waals surface area (Å²) in [6.07, 6.45) is 9.33. The molecule has 136 valence electrons. The summed E-state index contributed by atoms with van der Waals surface area (Å²) in [5.74, 6) is 0. The van der Waals surface area contributed by atoms with E-state index in [1.807, 2.05) is 18.6 Å².